The fraction of sp³-hybridized carbons (Fsp3) is 0.625. The van der Waals surface area contributed by atoms with Crippen molar-refractivity contribution in [3.05, 3.63) is 22.2 Å². The van der Waals surface area contributed by atoms with Crippen molar-refractivity contribution < 1.29 is 9.84 Å². The van der Waals surface area contributed by atoms with Gasteiger partial charge in [-0.1, -0.05) is 6.42 Å². The molecule has 1 atom stereocenters. The zero-order valence-corrected chi connectivity index (χ0v) is 16.5. The van der Waals surface area contributed by atoms with Gasteiger partial charge in [-0.15, -0.1) is 24.8 Å². The van der Waals surface area contributed by atoms with Gasteiger partial charge in [-0.05, 0) is 46.8 Å². The van der Waals surface area contributed by atoms with E-state index in [2.05, 4.69) is 26.1 Å². The summed E-state index contributed by atoms with van der Waals surface area (Å²) in [6, 6.07) is 4.13. The Labute approximate surface area is 158 Å². The Bertz CT molecular complexity index is 509. The molecule has 2 fully saturated rings. The molecule has 7 heteroatoms. The first-order valence-electron chi connectivity index (χ1n) is 7.72. The van der Waals surface area contributed by atoms with Gasteiger partial charge < -0.3 is 15.2 Å². The van der Waals surface area contributed by atoms with Crippen LogP contribution in [0, 0.1) is 5.92 Å². The Hall–Kier alpha value is -0.200. The molecule has 0 spiro atoms. The third kappa shape index (κ3) is 4.45. The highest BCUT2D eigenvalue weighted by molar-refractivity contribution is 9.10. The predicted octanol–water partition coefficient (Wildman–Crippen LogP) is 3.75. The first-order valence-corrected chi connectivity index (χ1v) is 8.51. The lowest BCUT2D eigenvalue weighted by molar-refractivity contribution is 0.0817. The van der Waals surface area contributed by atoms with Gasteiger partial charge in [-0.25, -0.2) is 0 Å². The number of rotatable bonds is 4. The molecule has 23 heavy (non-hydrogen) atoms. The zero-order valence-electron chi connectivity index (χ0n) is 13.3. The SMILES string of the molecule is COc1cc(Br)c(O)c([C@@H](C2CCC2)N2CCNCC2)c1.Cl.Cl. The van der Waals surface area contributed by atoms with E-state index in [1.165, 1.54) is 19.3 Å². The van der Waals surface area contributed by atoms with Gasteiger partial charge >= 0.3 is 0 Å². The average Bonchev–Trinajstić information content (AvgIpc) is 2.46. The summed E-state index contributed by atoms with van der Waals surface area (Å²) >= 11 is 3.46. The maximum Gasteiger partial charge on any atom is 0.134 e. The lowest BCUT2D eigenvalue weighted by Crippen LogP contribution is -2.47. The smallest absolute Gasteiger partial charge is 0.134 e. The Balaban J connectivity index is 0.00000132. The Morgan fingerprint density at radius 2 is 1.91 bits per heavy atom. The summed E-state index contributed by atoms with van der Waals surface area (Å²) in [4.78, 5) is 2.52. The number of ether oxygens (including phenoxy) is 1. The number of methoxy groups -OCH3 is 1. The van der Waals surface area contributed by atoms with Crippen LogP contribution in [0.4, 0.5) is 0 Å². The summed E-state index contributed by atoms with van der Waals surface area (Å²) in [6.07, 6.45) is 3.81. The molecule has 0 unspecified atom stereocenters. The third-order valence-electron chi connectivity index (χ3n) is 4.76. The predicted molar refractivity (Wildman–Crippen MR) is 101 cm³/mol. The molecule has 3 rings (SSSR count). The summed E-state index contributed by atoms with van der Waals surface area (Å²) in [7, 11) is 1.67. The van der Waals surface area contributed by atoms with Crippen LogP contribution in [0.15, 0.2) is 16.6 Å². The highest BCUT2D eigenvalue weighted by atomic mass is 79.9. The van der Waals surface area contributed by atoms with Crippen LogP contribution in [0.1, 0.15) is 30.9 Å². The van der Waals surface area contributed by atoms with E-state index in [0.29, 0.717) is 17.7 Å². The number of halogens is 3. The molecule has 1 heterocycles. The summed E-state index contributed by atoms with van der Waals surface area (Å²) in [5, 5.41) is 13.9. The number of phenols is 1. The van der Waals surface area contributed by atoms with Gasteiger partial charge in [-0.2, -0.15) is 0 Å². The van der Waals surface area contributed by atoms with Crippen molar-refractivity contribution in [2.75, 3.05) is 33.3 Å². The maximum atomic E-state index is 10.5. The minimum atomic E-state index is 0. The van der Waals surface area contributed by atoms with Crippen LogP contribution in [-0.2, 0) is 0 Å². The highest BCUT2D eigenvalue weighted by Crippen LogP contribution is 2.46. The lowest BCUT2D eigenvalue weighted by Gasteiger charge is -2.43. The normalized spacial score (nSPS) is 19.9. The van der Waals surface area contributed by atoms with Crippen LogP contribution in [0.25, 0.3) is 0 Å². The van der Waals surface area contributed by atoms with E-state index in [0.717, 1.165) is 42.0 Å². The monoisotopic (exact) mass is 426 g/mol. The second-order valence-corrected chi connectivity index (χ2v) is 6.82. The molecule has 0 bridgehead atoms. The first-order chi connectivity index (χ1) is 10.2. The average molecular weight is 428 g/mol. The topological polar surface area (TPSA) is 44.7 Å². The van der Waals surface area contributed by atoms with Gasteiger partial charge in [0.15, 0.2) is 0 Å². The maximum absolute atomic E-state index is 10.5. The fourth-order valence-corrected chi connectivity index (χ4v) is 3.86. The summed E-state index contributed by atoms with van der Waals surface area (Å²) < 4.78 is 6.11. The van der Waals surface area contributed by atoms with Crippen molar-refractivity contribution in [1.82, 2.24) is 10.2 Å². The van der Waals surface area contributed by atoms with Crippen LogP contribution in [0.5, 0.6) is 11.5 Å². The van der Waals surface area contributed by atoms with Gasteiger partial charge in [0, 0.05) is 37.8 Å². The van der Waals surface area contributed by atoms with E-state index < -0.39 is 0 Å². The Morgan fingerprint density at radius 1 is 1.26 bits per heavy atom. The molecule has 0 radical (unpaired) electrons. The molecule has 1 aliphatic carbocycles. The lowest BCUT2D eigenvalue weighted by atomic mass is 9.76. The van der Waals surface area contributed by atoms with Crippen molar-refractivity contribution in [2.45, 2.75) is 25.3 Å². The minimum absolute atomic E-state index is 0. The number of phenolic OH excluding ortho intramolecular Hbond substituents is 1. The summed E-state index contributed by atoms with van der Waals surface area (Å²) in [5.74, 6) is 1.81. The number of piperazine rings is 1. The molecule has 1 saturated carbocycles. The van der Waals surface area contributed by atoms with Gasteiger partial charge in [0.2, 0.25) is 0 Å². The van der Waals surface area contributed by atoms with E-state index in [-0.39, 0.29) is 24.8 Å². The van der Waals surface area contributed by atoms with Crippen LogP contribution in [0.2, 0.25) is 0 Å². The van der Waals surface area contributed by atoms with Crippen molar-refractivity contribution in [3.8, 4) is 11.5 Å². The van der Waals surface area contributed by atoms with Crippen LogP contribution in [-0.4, -0.2) is 43.3 Å². The van der Waals surface area contributed by atoms with E-state index in [1.54, 1.807) is 7.11 Å². The third-order valence-corrected chi connectivity index (χ3v) is 5.37. The number of hydrogen-bond donors (Lipinski definition) is 2. The molecule has 2 N–H and O–H groups in total. The standard InChI is InChI=1S/C16H23BrN2O2.2ClH/c1-21-12-9-13(16(20)14(17)10-12)15(11-3-2-4-11)19-7-5-18-6-8-19;;/h9-11,15,18,20H,2-8H2,1H3;2*1H/t15-;;/m1../s1. The van der Waals surface area contributed by atoms with Crippen molar-refractivity contribution >= 4 is 40.7 Å². The van der Waals surface area contributed by atoms with E-state index >= 15 is 0 Å². The van der Waals surface area contributed by atoms with Gasteiger partial charge in [0.1, 0.15) is 11.5 Å². The fourth-order valence-electron chi connectivity index (χ4n) is 3.40. The first kappa shape index (κ1) is 20.8. The number of nitrogens with zero attached hydrogens (tertiary/aromatic N) is 1. The minimum Gasteiger partial charge on any atom is -0.506 e. The molecule has 1 aromatic rings. The van der Waals surface area contributed by atoms with Crippen molar-refractivity contribution in [1.29, 1.82) is 0 Å². The number of benzene rings is 1. The zero-order chi connectivity index (χ0) is 14.8. The number of hydrogen-bond acceptors (Lipinski definition) is 4. The number of aromatic hydroxyl groups is 1. The summed E-state index contributed by atoms with van der Waals surface area (Å²) in [6.45, 7) is 4.12. The molecule has 1 aliphatic heterocycles. The van der Waals surface area contributed by atoms with Crippen molar-refractivity contribution in [2.24, 2.45) is 5.92 Å². The largest absolute Gasteiger partial charge is 0.506 e. The second-order valence-electron chi connectivity index (χ2n) is 5.97. The Morgan fingerprint density at radius 3 is 2.43 bits per heavy atom. The highest BCUT2D eigenvalue weighted by Gasteiger charge is 2.35. The second kappa shape index (κ2) is 9.33. The molecule has 1 saturated heterocycles. The van der Waals surface area contributed by atoms with Gasteiger partial charge in [0.05, 0.1) is 11.6 Å². The molecule has 4 nitrogen and oxygen atoms in total. The summed E-state index contributed by atoms with van der Waals surface area (Å²) in [5.41, 5.74) is 1.01. The van der Waals surface area contributed by atoms with Gasteiger partial charge in [-0.3, -0.25) is 4.90 Å². The Kier molecular flexibility index (Phi) is 8.45. The quantitative estimate of drug-likeness (QED) is 0.767. The van der Waals surface area contributed by atoms with E-state index in [4.69, 9.17) is 4.74 Å². The molecule has 0 amide bonds. The molecule has 1 aromatic carbocycles. The van der Waals surface area contributed by atoms with Gasteiger partial charge in [0.25, 0.3) is 0 Å². The molecule has 132 valence electrons. The van der Waals surface area contributed by atoms with Crippen molar-refractivity contribution in [3.63, 3.8) is 0 Å². The van der Waals surface area contributed by atoms with E-state index in [1.807, 2.05) is 12.1 Å². The molecular weight excluding hydrogens is 403 g/mol. The van der Waals surface area contributed by atoms with Crippen LogP contribution in [0.3, 0.4) is 0 Å². The van der Waals surface area contributed by atoms with E-state index in [9.17, 15) is 5.11 Å². The van der Waals surface area contributed by atoms with Crippen LogP contribution >= 0.6 is 40.7 Å². The van der Waals surface area contributed by atoms with Crippen LogP contribution < -0.4 is 10.1 Å². The number of nitrogens with one attached hydrogen (secondary N) is 1. The molecule has 0 aromatic heterocycles. The molecule has 2 aliphatic rings. The molecular formula is C16H25BrCl2N2O2.